The maximum atomic E-state index is 9.39. The van der Waals surface area contributed by atoms with E-state index in [4.69, 9.17) is 11.6 Å². The molecule has 2 atom stereocenters. The van der Waals surface area contributed by atoms with E-state index in [1.807, 2.05) is 18.2 Å². The van der Waals surface area contributed by atoms with Gasteiger partial charge < -0.3 is 0 Å². The van der Waals surface area contributed by atoms with E-state index >= 15 is 0 Å². The predicted octanol–water partition coefficient (Wildman–Crippen LogP) is 5.32. The third kappa shape index (κ3) is 4.34. The summed E-state index contributed by atoms with van der Waals surface area (Å²) < 4.78 is 0. The van der Waals surface area contributed by atoms with Crippen LogP contribution in [0.2, 0.25) is 5.02 Å². The topological polar surface area (TPSA) is 44.6 Å². The number of amidine groups is 1. The van der Waals surface area contributed by atoms with Crippen LogP contribution in [0.4, 0.5) is 5.69 Å². The number of hydrogen-bond donors (Lipinski definition) is 2. The predicted molar refractivity (Wildman–Crippen MR) is 94.6 cm³/mol. The van der Waals surface area contributed by atoms with Gasteiger partial charge in [-0.15, -0.1) is 0 Å². The zero-order valence-electron chi connectivity index (χ0n) is 13.0. The summed E-state index contributed by atoms with van der Waals surface area (Å²) in [7, 11) is 0. The Kier molecular flexibility index (Phi) is 5.31. The van der Waals surface area contributed by atoms with Gasteiger partial charge in [0.05, 0.1) is 5.69 Å². The van der Waals surface area contributed by atoms with Gasteiger partial charge in [-0.05, 0) is 54.9 Å². The van der Waals surface area contributed by atoms with Crippen LogP contribution in [0.25, 0.3) is 0 Å². The molecule has 0 unspecified atom stereocenters. The first-order valence-electron chi connectivity index (χ1n) is 8.03. The number of hydrogen-bond acceptors (Lipinski definition) is 2. The molecule has 3 rings (SSSR count). The van der Waals surface area contributed by atoms with Crippen LogP contribution in [-0.4, -0.2) is 11.0 Å². The Bertz CT molecular complexity index is 672. The van der Waals surface area contributed by atoms with E-state index < -0.39 is 0 Å². The Morgan fingerprint density at radius 1 is 1.13 bits per heavy atom. The number of rotatable bonds is 4. The highest BCUT2D eigenvalue weighted by Crippen LogP contribution is 2.39. The SMILES string of the molecule is ONC(C[C@H]1CC[C@H](c2ccccc2)C1)=Nc1cccc(Cl)c1. The summed E-state index contributed by atoms with van der Waals surface area (Å²) in [5.74, 6) is 1.76. The molecule has 1 saturated carbocycles. The van der Waals surface area contributed by atoms with Gasteiger partial charge in [0.15, 0.2) is 0 Å². The molecule has 2 aromatic carbocycles. The fourth-order valence-corrected chi connectivity index (χ4v) is 3.56. The average molecular weight is 329 g/mol. The fourth-order valence-electron chi connectivity index (χ4n) is 3.38. The van der Waals surface area contributed by atoms with Gasteiger partial charge in [-0.2, -0.15) is 0 Å². The summed E-state index contributed by atoms with van der Waals surface area (Å²) in [6, 6.07) is 18.0. The van der Waals surface area contributed by atoms with E-state index in [1.165, 1.54) is 12.0 Å². The lowest BCUT2D eigenvalue weighted by atomic mass is 9.95. The zero-order chi connectivity index (χ0) is 16.1. The monoisotopic (exact) mass is 328 g/mol. The second kappa shape index (κ2) is 7.62. The van der Waals surface area contributed by atoms with E-state index in [1.54, 1.807) is 6.07 Å². The molecule has 0 amide bonds. The summed E-state index contributed by atoms with van der Waals surface area (Å²) in [4.78, 5) is 4.47. The minimum Gasteiger partial charge on any atom is -0.290 e. The molecule has 0 radical (unpaired) electrons. The molecule has 0 saturated heterocycles. The number of hydroxylamine groups is 1. The summed E-state index contributed by atoms with van der Waals surface area (Å²) in [5.41, 5.74) is 4.43. The summed E-state index contributed by atoms with van der Waals surface area (Å²) >= 11 is 5.98. The van der Waals surface area contributed by atoms with Gasteiger partial charge in [-0.3, -0.25) is 10.7 Å². The van der Waals surface area contributed by atoms with Crippen LogP contribution >= 0.6 is 11.6 Å². The molecule has 3 nitrogen and oxygen atoms in total. The largest absolute Gasteiger partial charge is 0.290 e. The quantitative estimate of drug-likeness (QED) is 0.453. The number of nitrogens with zero attached hydrogens (tertiary/aromatic N) is 1. The number of halogens is 1. The summed E-state index contributed by atoms with van der Waals surface area (Å²) in [6.45, 7) is 0. The van der Waals surface area contributed by atoms with Crippen molar-refractivity contribution < 1.29 is 5.21 Å². The Morgan fingerprint density at radius 2 is 1.96 bits per heavy atom. The average Bonchev–Trinajstić information content (AvgIpc) is 3.04. The molecule has 1 fully saturated rings. The van der Waals surface area contributed by atoms with Gasteiger partial charge in [0.1, 0.15) is 5.84 Å². The first-order chi connectivity index (χ1) is 11.2. The van der Waals surface area contributed by atoms with Crippen LogP contribution in [-0.2, 0) is 0 Å². The second-order valence-corrected chi connectivity index (χ2v) is 6.58. The van der Waals surface area contributed by atoms with E-state index in [9.17, 15) is 5.21 Å². The molecule has 0 bridgehead atoms. The van der Waals surface area contributed by atoms with Crippen molar-refractivity contribution in [2.45, 2.75) is 31.6 Å². The Hall–Kier alpha value is -1.84. The van der Waals surface area contributed by atoms with E-state index in [0.717, 1.165) is 24.9 Å². The van der Waals surface area contributed by atoms with Crippen LogP contribution in [0.15, 0.2) is 59.6 Å². The van der Waals surface area contributed by atoms with E-state index in [-0.39, 0.29) is 0 Å². The number of benzene rings is 2. The van der Waals surface area contributed by atoms with Crippen LogP contribution in [0.3, 0.4) is 0 Å². The van der Waals surface area contributed by atoms with E-state index in [0.29, 0.717) is 22.7 Å². The highest BCUT2D eigenvalue weighted by atomic mass is 35.5. The Labute approximate surface area is 142 Å². The zero-order valence-corrected chi connectivity index (χ0v) is 13.7. The van der Waals surface area contributed by atoms with Gasteiger partial charge in [0, 0.05) is 11.4 Å². The maximum Gasteiger partial charge on any atom is 0.126 e. The van der Waals surface area contributed by atoms with E-state index in [2.05, 4.69) is 40.8 Å². The van der Waals surface area contributed by atoms with Gasteiger partial charge in [-0.25, -0.2) is 4.99 Å². The number of nitrogens with one attached hydrogen (secondary N) is 1. The van der Waals surface area contributed by atoms with Crippen molar-refractivity contribution >= 4 is 23.1 Å². The fraction of sp³-hybridized carbons (Fsp3) is 0.316. The molecular weight excluding hydrogens is 308 g/mol. The molecule has 2 N–H and O–H groups in total. The molecule has 1 aliphatic rings. The van der Waals surface area contributed by atoms with Crippen molar-refractivity contribution in [1.82, 2.24) is 5.48 Å². The van der Waals surface area contributed by atoms with Crippen LogP contribution in [0.1, 0.15) is 37.2 Å². The molecule has 0 aliphatic heterocycles. The minimum absolute atomic E-state index is 0.540. The maximum absolute atomic E-state index is 9.39. The lowest BCUT2D eigenvalue weighted by molar-refractivity contribution is 0.229. The third-order valence-electron chi connectivity index (χ3n) is 4.50. The third-order valence-corrected chi connectivity index (χ3v) is 4.73. The van der Waals surface area contributed by atoms with Crippen molar-refractivity contribution in [2.24, 2.45) is 10.9 Å². The normalized spacial score (nSPS) is 21.4. The van der Waals surface area contributed by atoms with Crippen molar-refractivity contribution in [3.8, 4) is 0 Å². The van der Waals surface area contributed by atoms with Crippen LogP contribution in [0.5, 0.6) is 0 Å². The Balaban J connectivity index is 1.64. The Morgan fingerprint density at radius 3 is 2.70 bits per heavy atom. The van der Waals surface area contributed by atoms with Gasteiger partial charge >= 0.3 is 0 Å². The molecule has 23 heavy (non-hydrogen) atoms. The van der Waals surface area contributed by atoms with Gasteiger partial charge in [0.25, 0.3) is 0 Å². The highest BCUT2D eigenvalue weighted by Gasteiger charge is 2.26. The van der Waals surface area contributed by atoms with Crippen molar-refractivity contribution in [3.05, 3.63) is 65.2 Å². The van der Waals surface area contributed by atoms with Crippen molar-refractivity contribution in [3.63, 3.8) is 0 Å². The number of aliphatic imine (C=N–C) groups is 1. The minimum atomic E-state index is 0.540. The summed E-state index contributed by atoms with van der Waals surface area (Å²) in [5, 5.41) is 10.0. The molecule has 1 aliphatic carbocycles. The molecule has 0 aromatic heterocycles. The molecule has 120 valence electrons. The standard InChI is InChI=1S/C19H21ClN2O/c20-17-7-4-8-18(13-17)21-19(22-23)12-14-9-10-16(11-14)15-5-2-1-3-6-15/h1-8,13-14,16,23H,9-12H2,(H,21,22)/t14-,16-/m0/s1. The summed E-state index contributed by atoms with van der Waals surface area (Å²) in [6.07, 6.45) is 4.26. The van der Waals surface area contributed by atoms with Crippen molar-refractivity contribution in [2.75, 3.05) is 0 Å². The second-order valence-electron chi connectivity index (χ2n) is 6.14. The smallest absolute Gasteiger partial charge is 0.126 e. The first-order valence-corrected chi connectivity index (χ1v) is 8.40. The molecule has 0 heterocycles. The molecule has 2 aromatic rings. The molecule has 0 spiro atoms. The van der Waals surface area contributed by atoms with Crippen LogP contribution in [0, 0.1) is 5.92 Å². The van der Waals surface area contributed by atoms with Gasteiger partial charge in [-0.1, -0.05) is 48.0 Å². The molecule has 4 heteroatoms. The van der Waals surface area contributed by atoms with Gasteiger partial charge in [0.2, 0.25) is 0 Å². The first kappa shape index (κ1) is 16.0. The molecular formula is C19H21ClN2O. The van der Waals surface area contributed by atoms with Crippen LogP contribution < -0.4 is 5.48 Å². The lowest BCUT2D eigenvalue weighted by Crippen LogP contribution is -2.21. The highest BCUT2D eigenvalue weighted by molar-refractivity contribution is 6.30. The lowest BCUT2D eigenvalue weighted by Gasteiger charge is -2.13. The van der Waals surface area contributed by atoms with Crippen molar-refractivity contribution in [1.29, 1.82) is 0 Å².